The molecule has 488 valence electrons. The number of quaternary nitrogens is 2. The third-order valence-corrected chi connectivity index (χ3v) is 20.8. The van der Waals surface area contributed by atoms with Crippen LogP contribution < -0.4 is 20.5 Å². The second-order valence-corrected chi connectivity index (χ2v) is 26.8. The summed E-state index contributed by atoms with van der Waals surface area (Å²) < 4.78 is 37.2. The number of carbonyl (C=O) groups excluding carboxylic acids is 1. The average Bonchev–Trinajstić information content (AvgIpc) is 1.78. The van der Waals surface area contributed by atoms with E-state index in [0.29, 0.717) is 52.9 Å². The smallest absolute Gasteiger partial charge is 0.335 e. The van der Waals surface area contributed by atoms with Gasteiger partial charge in [-0.25, -0.2) is 4.79 Å². The van der Waals surface area contributed by atoms with Gasteiger partial charge in [0, 0.05) is 75.3 Å². The zero-order chi connectivity index (χ0) is 63.8. The summed E-state index contributed by atoms with van der Waals surface area (Å²) in [5.74, 6) is -0.968. The first-order chi connectivity index (χ1) is 45.2. The maximum Gasteiger partial charge on any atom is 0.335 e. The molecular formula is C70H80Cl2N10O11+2. The minimum absolute atomic E-state index is 0.0197. The van der Waals surface area contributed by atoms with E-state index in [1.807, 2.05) is 84.9 Å². The summed E-state index contributed by atoms with van der Waals surface area (Å²) in [4.78, 5) is 44.5. The third-order valence-electron chi connectivity index (χ3n) is 20.2. The highest BCUT2D eigenvalue weighted by Crippen LogP contribution is 2.38. The molecule has 8 atom stereocenters. The fourth-order valence-electron chi connectivity index (χ4n) is 14.5. The number of aliphatic hydroxyl groups excluding tert-OH is 2. The number of piperazine rings is 6. The number of imidazole rings is 2. The molecule has 10 saturated heterocycles. The molecule has 23 heteroatoms. The molecular weight excluding hydrogens is 1230 g/mol. The molecule has 4 bridgehead atoms. The number of nitrogens with zero attached hydrogens (tertiary/aromatic N) is 6. The lowest BCUT2D eigenvalue weighted by Gasteiger charge is -2.50. The Hall–Kier alpha value is -7.06. The monoisotopic (exact) mass is 1310 g/mol. The number of aromatic amines is 2. The van der Waals surface area contributed by atoms with Crippen molar-refractivity contribution in [3.8, 4) is 56.5 Å². The first-order valence-corrected chi connectivity index (χ1v) is 33.3. The molecule has 8 aromatic rings. The highest BCUT2D eigenvalue weighted by molar-refractivity contribution is 6.34. The maximum atomic E-state index is 12.8. The van der Waals surface area contributed by atoms with Crippen LogP contribution in [-0.4, -0.2) is 246 Å². The van der Waals surface area contributed by atoms with Crippen LogP contribution in [0.4, 0.5) is 0 Å². The fraction of sp³-hybridized carbons (Fsp3) is 0.429. The van der Waals surface area contributed by atoms with Crippen molar-refractivity contribution in [1.82, 2.24) is 35.1 Å². The quantitative estimate of drug-likeness (QED) is 0.0347. The molecule has 10 aliphatic heterocycles. The first kappa shape index (κ1) is 63.3. The van der Waals surface area contributed by atoms with Gasteiger partial charge in [-0.1, -0.05) is 96.0 Å². The van der Waals surface area contributed by atoms with Gasteiger partial charge in [-0.05, 0) is 88.5 Å². The number of carbonyl (C=O) groups is 2. The molecule has 1 amide bonds. The van der Waals surface area contributed by atoms with Crippen LogP contribution in [-0.2, 0) is 18.9 Å². The Morgan fingerprint density at radius 2 is 0.914 bits per heavy atom. The van der Waals surface area contributed by atoms with Gasteiger partial charge in [-0.2, -0.15) is 9.97 Å². The van der Waals surface area contributed by atoms with Gasteiger partial charge in [0.25, 0.3) is 17.9 Å². The number of halogens is 2. The van der Waals surface area contributed by atoms with E-state index in [0.717, 1.165) is 80.6 Å². The summed E-state index contributed by atoms with van der Waals surface area (Å²) >= 11 is 13.3. The summed E-state index contributed by atoms with van der Waals surface area (Å²) in [6.45, 7) is 20.7. The predicted octanol–water partition coefficient (Wildman–Crippen LogP) is 7.36. The van der Waals surface area contributed by atoms with Crippen LogP contribution in [0.3, 0.4) is 0 Å². The van der Waals surface area contributed by atoms with Crippen LogP contribution in [0.1, 0.15) is 33.6 Å². The Bertz CT molecular complexity index is 3910. The SMILES string of the molecule is NCCC[N+]12CCN(CC1)CC2.O=C(NCCC[N+]12CCN(CC1)CC2)c1ccc(-c2ccc(-c3cc4nc(O[C@@H]5CO[C@H]6[C@@H]5OC[C@H]6O)[nH]c4cc3Cl)cc2)cc1.O=C(O)c1ccc(-c2ccc(-c3cc4nc(O[C@@H]5CO[C@H]6[C@@H]5OC[C@H]6O)[nH]c4cc3Cl)cc2)cc1. The number of aliphatic hydroxyl groups is 2. The third kappa shape index (κ3) is 13.8. The number of nitrogens with one attached hydrogen (secondary N) is 3. The number of hydrogen-bond acceptors (Lipinski definition) is 15. The molecule has 0 unspecified atom stereocenters. The van der Waals surface area contributed by atoms with Gasteiger partial charge < -0.3 is 73.7 Å². The summed E-state index contributed by atoms with van der Waals surface area (Å²) in [6.07, 6.45) is -1.13. The van der Waals surface area contributed by atoms with Crippen molar-refractivity contribution in [2.75, 3.05) is 131 Å². The van der Waals surface area contributed by atoms with Gasteiger partial charge >= 0.3 is 5.97 Å². The Labute approximate surface area is 549 Å². The lowest BCUT2D eigenvalue weighted by molar-refractivity contribution is -0.941. The molecule has 21 nitrogen and oxygen atoms in total. The van der Waals surface area contributed by atoms with Gasteiger partial charge in [0.2, 0.25) is 0 Å². The minimum atomic E-state index is -0.949. The molecule has 10 aliphatic rings. The number of nitrogens with two attached hydrogens (primary N) is 1. The Kier molecular flexibility index (Phi) is 18.6. The zero-order valence-corrected chi connectivity index (χ0v) is 53.4. The molecule has 0 saturated carbocycles. The topological polar surface area (TPSA) is 252 Å². The Balaban J connectivity index is 0.000000140. The lowest BCUT2D eigenvalue weighted by atomic mass is 9.99. The largest absolute Gasteiger partial charge is 0.478 e. The van der Waals surface area contributed by atoms with Crippen molar-refractivity contribution in [3.05, 3.63) is 142 Å². The Morgan fingerprint density at radius 1 is 0.538 bits per heavy atom. The molecule has 2 aromatic heterocycles. The standard InChI is InChI=1S/C35H38ClN5O5.C26H21ClN2O6.C9H20N3/c36-27-19-29-28(38-35(39-29)46-31-21-45-32-30(42)20-44-33(31)32)18-26(27)24-6-2-22(3-7-24)23-4-8-25(9-5-23)34(43)37-10-1-14-41-15-11-40(12-16-41)13-17-41;27-18-10-20-19(28-26(29-20)35-22-12-34-23-21(30)11-33-24(22)23)9-17(18)15-5-1-13(2-6-15)14-3-7-16(8-4-14)25(31)32;10-2-1-6-12-7-3-11(4-8-12)5-9-12/h2-9,18-19,30-33,42H,1,10-17,20-21H2,(H-,37,38,39,43);1-10,21-24,30H,11-12H2,(H,28,29)(H,31,32);1-10H2/q;;+1/p+1/t30-,31-,32-,33-;21-,22-,23-,24-;/m11./s1. The Morgan fingerprint density at radius 3 is 1.32 bits per heavy atom. The number of fused-ring (bicyclic) bond motifs is 10. The van der Waals surface area contributed by atoms with Crippen LogP contribution in [0.2, 0.25) is 10.0 Å². The van der Waals surface area contributed by atoms with E-state index < -0.39 is 18.2 Å². The van der Waals surface area contributed by atoms with Gasteiger partial charge in [-0.15, -0.1) is 0 Å². The second kappa shape index (κ2) is 27.3. The normalized spacial score (nSPS) is 28.1. The molecule has 18 rings (SSSR count). The van der Waals surface area contributed by atoms with E-state index in [9.17, 15) is 19.8 Å². The average molecular weight is 1310 g/mol. The zero-order valence-electron chi connectivity index (χ0n) is 51.8. The van der Waals surface area contributed by atoms with Gasteiger partial charge in [0.1, 0.15) is 36.6 Å². The van der Waals surface area contributed by atoms with Crippen LogP contribution in [0.15, 0.2) is 121 Å². The number of rotatable bonds is 17. The number of carboxylic acids is 1. The minimum Gasteiger partial charge on any atom is -0.478 e. The van der Waals surface area contributed by atoms with Crippen LogP contribution in [0, 0.1) is 0 Å². The number of benzene rings is 6. The fourth-order valence-corrected chi connectivity index (χ4v) is 15.1. The molecule has 12 heterocycles. The van der Waals surface area contributed by atoms with Crippen molar-refractivity contribution < 1.29 is 62.3 Å². The summed E-state index contributed by atoms with van der Waals surface area (Å²) in [5.41, 5.74) is 17.0. The lowest BCUT2D eigenvalue weighted by Crippen LogP contribution is -2.67. The first-order valence-electron chi connectivity index (χ1n) is 32.6. The van der Waals surface area contributed by atoms with Crippen molar-refractivity contribution in [3.63, 3.8) is 0 Å². The maximum absolute atomic E-state index is 12.8. The number of amides is 1. The number of aromatic nitrogens is 4. The summed E-state index contributed by atoms with van der Waals surface area (Å²) in [6, 6.07) is 38.8. The highest BCUT2D eigenvalue weighted by atomic mass is 35.5. The van der Waals surface area contributed by atoms with Gasteiger partial charge in [0.15, 0.2) is 12.2 Å². The van der Waals surface area contributed by atoms with Crippen molar-refractivity contribution >= 4 is 57.1 Å². The number of aromatic carboxylic acids is 1. The summed E-state index contributed by atoms with van der Waals surface area (Å²) in [7, 11) is 0. The summed E-state index contributed by atoms with van der Waals surface area (Å²) in [5, 5.41) is 33.3. The van der Waals surface area contributed by atoms with E-state index >= 15 is 0 Å². The predicted molar refractivity (Wildman–Crippen MR) is 354 cm³/mol. The van der Waals surface area contributed by atoms with Crippen molar-refractivity contribution in [2.24, 2.45) is 5.73 Å². The van der Waals surface area contributed by atoms with Crippen LogP contribution in [0.5, 0.6) is 12.0 Å². The van der Waals surface area contributed by atoms with Crippen LogP contribution in [0.25, 0.3) is 66.6 Å². The van der Waals surface area contributed by atoms with E-state index in [4.69, 9.17) is 62.5 Å². The number of H-pyrrole nitrogens is 2. The highest BCUT2D eigenvalue weighted by Gasteiger charge is 2.50. The van der Waals surface area contributed by atoms with E-state index in [1.54, 1.807) is 24.3 Å². The molecule has 0 spiro atoms. The van der Waals surface area contributed by atoms with Crippen molar-refractivity contribution in [1.29, 1.82) is 0 Å². The number of ether oxygens (including phenoxy) is 6. The molecule has 6 aromatic carbocycles. The van der Waals surface area contributed by atoms with Crippen LogP contribution >= 0.6 is 23.2 Å². The second-order valence-electron chi connectivity index (χ2n) is 25.9. The molecule has 0 radical (unpaired) electrons. The number of carboxylic acid groups (broad SMARTS) is 1. The van der Waals surface area contributed by atoms with E-state index in [1.165, 1.54) is 100 Å². The van der Waals surface area contributed by atoms with Gasteiger partial charge in [-0.3, -0.25) is 14.6 Å². The molecule has 10 fully saturated rings. The van der Waals surface area contributed by atoms with Crippen molar-refractivity contribution in [2.45, 2.75) is 61.7 Å². The van der Waals surface area contributed by atoms with Gasteiger partial charge in [0.05, 0.1) is 116 Å². The molecule has 93 heavy (non-hydrogen) atoms. The van der Waals surface area contributed by atoms with E-state index in [-0.39, 0.29) is 61.3 Å². The van der Waals surface area contributed by atoms with E-state index in [2.05, 4.69) is 47.2 Å². The molecule has 8 N–H and O–H groups in total. The molecule has 0 aliphatic carbocycles. The number of hydrogen-bond donors (Lipinski definition) is 7.